The van der Waals surface area contributed by atoms with Gasteiger partial charge in [-0.05, 0) is 69.7 Å². The van der Waals surface area contributed by atoms with E-state index < -0.39 is 17.8 Å². The molecule has 3 rings (SSSR count). The molecule has 1 atom stereocenters. The van der Waals surface area contributed by atoms with Gasteiger partial charge in [-0.1, -0.05) is 32.0 Å². The van der Waals surface area contributed by atoms with Crippen molar-refractivity contribution < 1.29 is 19.5 Å². The fourth-order valence-electron chi connectivity index (χ4n) is 2.86. The van der Waals surface area contributed by atoms with Crippen LogP contribution in [0.3, 0.4) is 0 Å². The molecule has 1 heterocycles. The molecule has 1 saturated heterocycles. The van der Waals surface area contributed by atoms with E-state index in [1.807, 2.05) is 12.1 Å². The molecular formula is C21H19BrN2O4. The molecule has 0 spiro atoms. The van der Waals surface area contributed by atoms with Crippen molar-refractivity contribution in [3.05, 3.63) is 63.6 Å². The van der Waals surface area contributed by atoms with Gasteiger partial charge in [0.25, 0.3) is 11.8 Å². The van der Waals surface area contributed by atoms with E-state index in [1.165, 1.54) is 12.1 Å². The number of benzene rings is 2. The minimum Gasteiger partial charge on any atom is -0.507 e. The van der Waals surface area contributed by atoms with Crippen LogP contribution in [0, 0.1) is 0 Å². The van der Waals surface area contributed by atoms with Crippen molar-refractivity contribution in [1.82, 2.24) is 5.32 Å². The Balaban J connectivity index is 1.95. The molecule has 6 nitrogen and oxygen atoms in total. The minimum atomic E-state index is -0.782. The predicted octanol–water partition coefficient (Wildman–Crippen LogP) is 4.33. The van der Waals surface area contributed by atoms with Gasteiger partial charge in [-0.15, -0.1) is 0 Å². The third kappa shape index (κ3) is 3.84. The number of rotatable bonds is 4. The van der Waals surface area contributed by atoms with Gasteiger partial charge in [-0.2, -0.15) is 0 Å². The monoisotopic (exact) mass is 442 g/mol. The number of imide groups is 2. The maximum Gasteiger partial charge on any atom is 0.335 e. The highest BCUT2D eigenvalue weighted by Crippen LogP contribution is 2.28. The van der Waals surface area contributed by atoms with Crippen LogP contribution in [0.25, 0.3) is 6.08 Å². The summed E-state index contributed by atoms with van der Waals surface area (Å²) < 4.78 is 0.430. The van der Waals surface area contributed by atoms with Crippen LogP contribution >= 0.6 is 15.9 Å². The number of hydrogen-bond acceptors (Lipinski definition) is 4. The van der Waals surface area contributed by atoms with Crippen molar-refractivity contribution in [2.45, 2.75) is 26.2 Å². The number of phenolic OH excluding ortho intramolecular Hbond substituents is 1. The van der Waals surface area contributed by atoms with E-state index in [4.69, 9.17) is 0 Å². The topological polar surface area (TPSA) is 86.7 Å². The molecule has 2 aromatic rings. The Morgan fingerprint density at radius 2 is 1.82 bits per heavy atom. The number of nitrogens with one attached hydrogen (secondary N) is 1. The van der Waals surface area contributed by atoms with Gasteiger partial charge >= 0.3 is 6.03 Å². The number of barbiturate groups is 1. The van der Waals surface area contributed by atoms with Crippen molar-refractivity contribution in [2.75, 3.05) is 4.90 Å². The number of aromatic hydroxyl groups is 1. The zero-order chi connectivity index (χ0) is 20.4. The summed E-state index contributed by atoms with van der Waals surface area (Å²) in [6.07, 6.45) is 2.36. The van der Waals surface area contributed by atoms with E-state index in [2.05, 4.69) is 35.1 Å². The summed E-state index contributed by atoms with van der Waals surface area (Å²) in [5.41, 5.74) is 1.87. The standard InChI is InChI=1S/C21H19BrN2O4/c1-3-12(2)14-5-7-15(8-6-14)24-20(27)16(19(26)23-21(24)28)10-13-4-9-18(25)17(22)11-13/h4-12,25H,3H2,1-2H3,(H,23,26,28). The van der Waals surface area contributed by atoms with Crippen molar-refractivity contribution in [1.29, 1.82) is 0 Å². The summed E-state index contributed by atoms with van der Waals surface area (Å²) in [5, 5.41) is 11.8. The number of anilines is 1. The van der Waals surface area contributed by atoms with Crippen molar-refractivity contribution >= 4 is 45.5 Å². The van der Waals surface area contributed by atoms with E-state index in [0.717, 1.165) is 16.9 Å². The first-order chi connectivity index (χ1) is 13.3. The maximum atomic E-state index is 12.9. The normalized spacial score (nSPS) is 17.0. The maximum absolute atomic E-state index is 12.9. The Kier molecular flexibility index (Phi) is 5.65. The predicted molar refractivity (Wildman–Crippen MR) is 110 cm³/mol. The molecule has 0 aliphatic carbocycles. The highest BCUT2D eigenvalue weighted by atomic mass is 79.9. The molecule has 1 aliphatic rings. The molecule has 0 radical (unpaired) electrons. The number of carbonyl (C=O) groups excluding carboxylic acids is 3. The van der Waals surface area contributed by atoms with E-state index in [1.54, 1.807) is 24.3 Å². The Labute approximate surface area is 171 Å². The van der Waals surface area contributed by atoms with Crippen molar-refractivity contribution in [2.24, 2.45) is 0 Å². The number of phenols is 1. The number of nitrogens with zero attached hydrogens (tertiary/aromatic N) is 1. The summed E-state index contributed by atoms with van der Waals surface area (Å²) in [7, 11) is 0. The van der Waals surface area contributed by atoms with Crippen molar-refractivity contribution in [3.8, 4) is 5.75 Å². The molecule has 1 fully saturated rings. The molecule has 0 bridgehead atoms. The lowest BCUT2D eigenvalue weighted by Crippen LogP contribution is -2.54. The Hall–Kier alpha value is -2.93. The lowest BCUT2D eigenvalue weighted by Gasteiger charge is -2.26. The summed E-state index contributed by atoms with van der Waals surface area (Å²) in [6, 6.07) is 10.9. The summed E-state index contributed by atoms with van der Waals surface area (Å²) in [4.78, 5) is 38.4. The molecule has 28 heavy (non-hydrogen) atoms. The van der Waals surface area contributed by atoms with Gasteiger partial charge in [-0.3, -0.25) is 14.9 Å². The summed E-state index contributed by atoms with van der Waals surface area (Å²) in [5.74, 6) is -1.05. The van der Waals surface area contributed by atoms with Crippen LogP contribution in [0.15, 0.2) is 52.5 Å². The Bertz CT molecular complexity index is 982. The molecule has 0 saturated carbocycles. The molecule has 7 heteroatoms. The second-order valence-electron chi connectivity index (χ2n) is 6.57. The van der Waals surface area contributed by atoms with E-state index in [9.17, 15) is 19.5 Å². The molecular weight excluding hydrogens is 424 g/mol. The van der Waals surface area contributed by atoms with E-state index in [0.29, 0.717) is 21.6 Å². The average molecular weight is 443 g/mol. The smallest absolute Gasteiger partial charge is 0.335 e. The average Bonchev–Trinajstić information content (AvgIpc) is 2.67. The third-order valence-corrected chi connectivity index (χ3v) is 5.35. The zero-order valence-corrected chi connectivity index (χ0v) is 17.0. The SMILES string of the molecule is CCC(C)c1ccc(N2C(=O)NC(=O)C(=Cc3ccc(O)c(Br)c3)C2=O)cc1. The number of amides is 4. The number of carbonyl (C=O) groups is 3. The highest BCUT2D eigenvalue weighted by Gasteiger charge is 2.36. The minimum absolute atomic E-state index is 0.0415. The van der Waals surface area contributed by atoms with Gasteiger partial charge in [0.05, 0.1) is 10.2 Å². The van der Waals surface area contributed by atoms with Gasteiger partial charge in [0.1, 0.15) is 11.3 Å². The quantitative estimate of drug-likeness (QED) is 0.544. The molecule has 144 valence electrons. The summed E-state index contributed by atoms with van der Waals surface area (Å²) in [6.45, 7) is 4.19. The molecule has 1 aliphatic heterocycles. The molecule has 2 aromatic carbocycles. The molecule has 2 N–H and O–H groups in total. The Morgan fingerprint density at radius 3 is 2.43 bits per heavy atom. The number of halogens is 1. The van der Waals surface area contributed by atoms with Crippen LogP contribution in [0.2, 0.25) is 0 Å². The number of urea groups is 1. The summed E-state index contributed by atoms with van der Waals surface area (Å²) >= 11 is 3.19. The molecule has 4 amide bonds. The first kappa shape index (κ1) is 19.8. The molecule has 0 aromatic heterocycles. The van der Waals surface area contributed by atoms with Crippen molar-refractivity contribution in [3.63, 3.8) is 0 Å². The van der Waals surface area contributed by atoms with Crippen LogP contribution in [-0.2, 0) is 9.59 Å². The fraction of sp³-hybridized carbons (Fsp3) is 0.190. The fourth-order valence-corrected chi connectivity index (χ4v) is 3.26. The van der Waals surface area contributed by atoms with Crippen LogP contribution in [0.1, 0.15) is 37.3 Å². The van der Waals surface area contributed by atoms with Gasteiger partial charge in [0.2, 0.25) is 0 Å². The van der Waals surface area contributed by atoms with Gasteiger partial charge in [0.15, 0.2) is 0 Å². The van der Waals surface area contributed by atoms with Crippen LogP contribution in [-0.4, -0.2) is 23.0 Å². The lowest BCUT2D eigenvalue weighted by molar-refractivity contribution is -0.122. The molecule has 1 unspecified atom stereocenters. The van der Waals surface area contributed by atoms with Gasteiger partial charge < -0.3 is 5.11 Å². The first-order valence-corrected chi connectivity index (χ1v) is 9.61. The van der Waals surface area contributed by atoms with Crippen LogP contribution in [0.5, 0.6) is 5.75 Å². The second kappa shape index (κ2) is 7.98. The zero-order valence-electron chi connectivity index (χ0n) is 15.4. The van der Waals surface area contributed by atoms with Crippen LogP contribution in [0.4, 0.5) is 10.5 Å². The van der Waals surface area contributed by atoms with Gasteiger partial charge in [0, 0.05) is 0 Å². The third-order valence-electron chi connectivity index (χ3n) is 4.72. The lowest BCUT2D eigenvalue weighted by atomic mass is 9.98. The second-order valence-corrected chi connectivity index (χ2v) is 7.42. The largest absolute Gasteiger partial charge is 0.507 e. The van der Waals surface area contributed by atoms with E-state index >= 15 is 0 Å². The number of hydrogen-bond donors (Lipinski definition) is 2. The van der Waals surface area contributed by atoms with E-state index in [-0.39, 0.29) is 11.3 Å². The highest BCUT2D eigenvalue weighted by molar-refractivity contribution is 9.10. The first-order valence-electron chi connectivity index (χ1n) is 8.81. The van der Waals surface area contributed by atoms with Crippen LogP contribution < -0.4 is 10.2 Å². The van der Waals surface area contributed by atoms with Gasteiger partial charge in [-0.25, -0.2) is 9.69 Å². The Morgan fingerprint density at radius 1 is 1.14 bits per heavy atom.